The average molecular weight is 553 g/mol. The minimum atomic E-state index is -0.709. The van der Waals surface area contributed by atoms with Crippen LogP contribution < -0.4 is 14.8 Å². The highest BCUT2D eigenvalue weighted by Crippen LogP contribution is 2.26. The summed E-state index contributed by atoms with van der Waals surface area (Å²) in [7, 11) is 1.55. The Bertz CT molecular complexity index is 1120. The first kappa shape index (κ1) is 27.3. The fourth-order valence-electron chi connectivity index (χ4n) is 3.74. The second kappa shape index (κ2) is 13.7. The van der Waals surface area contributed by atoms with E-state index in [9.17, 15) is 9.59 Å². The number of para-hydroxylation sites is 2. The molecule has 0 bridgehead atoms. The van der Waals surface area contributed by atoms with E-state index >= 15 is 0 Å². The van der Waals surface area contributed by atoms with Gasteiger partial charge in [-0.15, -0.1) is 0 Å². The maximum Gasteiger partial charge on any atom is 0.261 e. The molecule has 0 aliphatic heterocycles. The van der Waals surface area contributed by atoms with Gasteiger partial charge >= 0.3 is 0 Å². The SMILES string of the molecule is CC[C@@H](C)NC(=O)[C@@H](Cc1ccccc1)N(Cc1ccc(Br)cc1)C(=O)COc1ccccc1OC. The molecular weight excluding hydrogens is 520 g/mol. The van der Waals surface area contributed by atoms with Gasteiger partial charge in [-0.1, -0.05) is 77.5 Å². The van der Waals surface area contributed by atoms with Gasteiger partial charge in [-0.3, -0.25) is 9.59 Å². The van der Waals surface area contributed by atoms with Crippen LogP contribution in [0.2, 0.25) is 0 Å². The third kappa shape index (κ3) is 7.85. The minimum Gasteiger partial charge on any atom is -0.493 e. The van der Waals surface area contributed by atoms with Crippen molar-refractivity contribution in [3.05, 3.63) is 94.5 Å². The maximum absolute atomic E-state index is 13.6. The zero-order valence-corrected chi connectivity index (χ0v) is 22.5. The van der Waals surface area contributed by atoms with Gasteiger partial charge in [0.15, 0.2) is 18.1 Å². The van der Waals surface area contributed by atoms with E-state index in [1.165, 1.54) is 0 Å². The number of methoxy groups -OCH3 is 1. The highest BCUT2D eigenvalue weighted by Gasteiger charge is 2.31. The number of nitrogens with zero attached hydrogens (tertiary/aromatic N) is 1. The number of benzene rings is 3. The first-order valence-electron chi connectivity index (χ1n) is 12.0. The van der Waals surface area contributed by atoms with E-state index in [0.717, 1.165) is 22.0 Å². The van der Waals surface area contributed by atoms with E-state index in [1.54, 1.807) is 24.1 Å². The summed E-state index contributed by atoms with van der Waals surface area (Å²) in [4.78, 5) is 28.8. The molecule has 1 N–H and O–H groups in total. The standard InChI is InChI=1S/C29H33BrN2O4/c1-4-21(2)31-29(34)25(18-22-10-6-5-7-11-22)32(19-23-14-16-24(30)17-15-23)28(33)20-36-27-13-9-8-12-26(27)35-3/h5-17,21,25H,4,18-20H2,1-3H3,(H,31,34)/t21-,25-/m1/s1. The van der Waals surface area contributed by atoms with Crippen LogP contribution in [-0.4, -0.2) is 42.5 Å². The molecule has 0 aliphatic carbocycles. The van der Waals surface area contributed by atoms with Crippen molar-refractivity contribution in [3.8, 4) is 11.5 Å². The minimum absolute atomic E-state index is 0.00904. The Morgan fingerprint density at radius 3 is 2.19 bits per heavy atom. The number of amides is 2. The number of halogens is 1. The summed E-state index contributed by atoms with van der Waals surface area (Å²) in [6.45, 7) is 4.03. The topological polar surface area (TPSA) is 67.9 Å². The number of carbonyl (C=O) groups excluding carboxylic acids is 2. The summed E-state index contributed by atoms with van der Waals surface area (Å²) >= 11 is 3.46. The van der Waals surface area contributed by atoms with Gasteiger partial charge in [-0.2, -0.15) is 0 Å². The van der Waals surface area contributed by atoms with Crippen LogP contribution in [0.4, 0.5) is 0 Å². The number of carbonyl (C=O) groups is 2. The predicted octanol–water partition coefficient (Wildman–Crippen LogP) is 5.39. The Balaban J connectivity index is 1.92. The maximum atomic E-state index is 13.6. The van der Waals surface area contributed by atoms with Crippen molar-refractivity contribution in [3.63, 3.8) is 0 Å². The Kier molecular flexibility index (Phi) is 10.4. The number of ether oxygens (including phenoxy) is 2. The van der Waals surface area contributed by atoms with Crippen LogP contribution in [0, 0.1) is 0 Å². The molecule has 2 atom stereocenters. The highest BCUT2D eigenvalue weighted by atomic mass is 79.9. The van der Waals surface area contributed by atoms with Crippen molar-refractivity contribution >= 4 is 27.7 Å². The average Bonchev–Trinajstić information content (AvgIpc) is 2.90. The lowest BCUT2D eigenvalue weighted by Crippen LogP contribution is -2.53. The van der Waals surface area contributed by atoms with Gasteiger partial charge in [-0.05, 0) is 48.7 Å². The summed E-state index contributed by atoms with van der Waals surface area (Å²) < 4.78 is 12.1. The van der Waals surface area contributed by atoms with Crippen molar-refractivity contribution in [1.82, 2.24) is 10.2 Å². The molecule has 0 saturated carbocycles. The molecule has 0 fully saturated rings. The zero-order valence-electron chi connectivity index (χ0n) is 20.9. The van der Waals surface area contributed by atoms with Crippen molar-refractivity contribution in [2.45, 2.75) is 45.3 Å². The Morgan fingerprint density at radius 1 is 0.917 bits per heavy atom. The third-order valence-corrected chi connectivity index (χ3v) is 6.49. The molecule has 0 radical (unpaired) electrons. The quantitative estimate of drug-likeness (QED) is 0.327. The van der Waals surface area contributed by atoms with E-state index in [1.807, 2.05) is 80.6 Å². The van der Waals surface area contributed by atoms with Crippen LogP contribution in [0.15, 0.2) is 83.3 Å². The van der Waals surface area contributed by atoms with Gasteiger partial charge in [0.1, 0.15) is 6.04 Å². The largest absolute Gasteiger partial charge is 0.493 e. The zero-order chi connectivity index (χ0) is 25.9. The number of nitrogens with one attached hydrogen (secondary N) is 1. The Labute approximate surface area is 221 Å². The third-order valence-electron chi connectivity index (χ3n) is 5.96. The van der Waals surface area contributed by atoms with Crippen molar-refractivity contribution < 1.29 is 19.1 Å². The second-order valence-electron chi connectivity index (χ2n) is 8.61. The lowest BCUT2D eigenvalue weighted by Gasteiger charge is -2.32. The molecule has 3 rings (SSSR count). The van der Waals surface area contributed by atoms with Gasteiger partial charge in [0, 0.05) is 23.5 Å². The first-order chi connectivity index (χ1) is 17.4. The molecule has 0 aromatic heterocycles. The molecule has 0 spiro atoms. The lowest BCUT2D eigenvalue weighted by atomic mass is 10.0. The number of rotatable bonds is 12. The number of hydrogen-bond donors (Lipinski definition) is 1. The normalized spacial score (nSPS) is 12.3. The van der Waals surface area contributed by atoms with Gasteiger partial charge in [0.25, 0.3) is 5.91 Å². The summed E-state index contributed by atoms with van der Waals surface area (Å²) in [6.07, 6.45) is 1.18. The van der Waals surface area contributed by atoms with Gasteiger partial charge < -0.3 is 19.7 Å². The monoisotopic (exact) mass is 552 g/mol. The van der Waals surface area contributed by atoms with E-state index < -0.39 is 6.04 Å². The fourth-order valence-corrected chi connectivity index (χ4v) is 4.01. The molecule has 0 heterocycles. The molecule has 0 aliphatic rings. The van der Waals surface area contributed by atoms with Gasteiger partial charge in [0.2, 0.25) is 5.91 Å². The van der Waals surface area contributed by atoms with Crippen molar-refractivity contribution in [2.24, 2.45) is 0 Å². The molecule has 6 nitrogen and oxygen atoms in total. The van der Waals surface area contributed by atoms with Gasteiger partial charge in [0.05, 0.1) is 7.11 Å². The fraction of sp³-hybridized carbons (Fsp3) is 0.310. The van der Waals surface area contributed by atoms with E-state index in [2.05, 4.69) is 21.2 Å². The highest BCUT2D eigenvalue weighted by molar-refractivity contribution is 9.10. The van der Waals surface area contributed by atoms with E-state index in [-0.39, 0.29) is 31.0 Å². The molecule has 3 aromatic rings. The summed E-state index contributed by atoms with van der Waals surface area (Å²) in [5, 5.41) is 3.07. The van der Waals surface area contributed by atoms with Crippen LogP contribution in [0.3, 0.4) is 0 Å². The van der Waals surface area contributed by atoms with Crippen molar-refractivity contribution in [1.29, 1.82) is 0 Å². The summed E-state index contributed by atoms with van der Waals surface area (Å²) in [5.41, 5.74) is 1.89. The van der Waals surface area contributed by atoms with Crippen LogP contribution >= 0.6 is 15.9 Å². The molecule has 0 unspecified atom stereocenters. The molecule has 0 saturated heterocycles. The Morgan fingerprint density at radius 2 is 1.56 bits per heavy atom. The van der Waals surface area contributed by atoms with Crippen LogP contribution in [0.5, 0.6) is 11.5 Å². The smallest absolute Gasteiger partial charge is 0.261 e. The molecule has 190 valence electrons. The molecule has 36 heavy (non-hydrogen) atoms. The second-order valence-corrected chi connectivity index (χ2v) is 9.53. The Hall–Kier alpha value is -3.32. The molecule has 7 heteroatoms. The van der Waals surface area contributed by atoms with Crippen LogP contribution in [0.1, 0.15) is 31.4 Å². The summed E-state index contributed by atoms with van der Waals surface area (Å²) in [5.74, 6) is 0.542. The molecule has 3 aromatic carbocycles. The first-order valence-corrected chi connectivity index (χ1v) is 12.8. The lowest BCUT2D eigenvalue weighted by molar-refractivity contribution is -0.143. The van der Waals surface area contributed by atoms with E-state index in [4.69, 9.17) is 9.47 Å². The summed E-state index contributed by atoms with van der Waals surface area (Å²) in [6, 6.07) is 23.9. The van der Waals surface area contributed by atoms with E-state index in [0.29, 0.717) is 17.9 Å². The molecular formula is C29H33BrN2O4. The van der Waals surface area contributed by atoms with Crippen LogP contribution in [-0.2, 0) is 22.6 Å². The predicted molar refractivity (Wildman–Crippen MR) is 145 cm³/mol. The van der Waals surface area contributed by atoms with Crippen molar-refractivity contribution in [2.75, 3.05) is 13.7 Å². The molecule has 2 amide bonds. The number of hydrogen-bond acceptors (Lipinski definition) is 4. The van der Waals surface area contributed by atoms with Gasteiger partial charge in [-0.25, -0.2) is 0 Å². The van der Waals surface area contributed by atoms with Crippen LogP contribution in [0.25, 0.3) is 0 Å².